The van der Waals surface area contributed by atoms with Crippen molar-refractivity contribution in [3.8, 4) is 0 Å². The van der Waals surface area contributed by atoms with Crippen LogP contribution in [0, 0.1) is 5.82 Å². The summed E-state index contributed by atoms with van der Waals surface area (Å²) in [4.78, 5) is 4.72. The van der Waals surface area contributed by atoms with E-state index in [1.165, 1.54) is 6.07 Å². The van der Waals surface area contributed by atoms with E-state index in [-0.39, 0.29) is 10.8 Å². The number of piperidine rings is 1. The molecule has 0 bridgehead atoms. The minimum Gasteiger partial charge on any atom is -0.389 e. The summed E-state index contributed by atoms with van der Waals surface area (Å²) in [5.41, 5.74) is 6.69. The van der Waals surface area contributed by atoms with Gasteiger partial charge in [0.05, 0.1) is 0 Å². The SMILES string of the molecule is CCN1CCC(N(C)c2ccc(C(N)=S)c(F)c2)CC1. The standard InChI is InChI=1S/C15H22FN3S/c1-3-19-8-6-11(7-9-19)18(2)12-4-5-13(15(17)20)14(16)10-12/h4-5,10-11H,3,6-9H2,1-2H3,(H2,17,20). The van der Waals surface area contributed by atoms with E-state index in [0.717, 1.165) is 38.2 Å². The molecular formula is C15H22FN3S. The Balaban J connectivity index is 2.08. The van der Waals surface area contributed by atoms with Gasteiger partial charge in [-0.2, -0.15) is 0 Å². The van der Waals surface area contributed by atoms with Gasteiger partial charge < -0.3 is 15.5 Å². The first-order chi connectivity index (χ1) is 9.52. The second-order valence-corrected chi connectivity index (χ2v) is 5.74. The van der Waals surface area contributed by atoms with E-state index in [0.29, 0.717) is 11.6 Å². The Bertz CT molecular complexity index is 484. The summed E-state index contributed by atoms with van der Waals surface area (Å²) in [6, 6.07) is 5.56. The predicted octanol–water partition coefficient (Wildman–Crippen LogP) is 2.38. The van der Waals surface area contributed by atoms with Crippen LogP contribution in [0.5, 0.6) is 0 Å². The summed E-state index contributed by atoms with van der Waals surface area (Å²) in [6.07, 6.45) is 2.23. The van der Waals surface area contributed by atoms with Crippen LogP contribution in [0.25, 0.3) is 0 Å². The molecule has 0 saturated carbocycles. The third-order valence-electron chi connectivity index (χ3n) is 4.18. The highest BCUT2D eigenvalue weighted by Gasteiger charge is 2.22. The molecular weight excluding hydrogens is 273 g/mol. The van der Waals surface area contributed by atoms with E-state index in [1.54, 1.807) is 6.07 Å². The van der Waals surface area contributed by atoms with Crippen LogP contribution in [-0.2, 0) is 0 Å². The first kappa shape index (κ1) is 15.2. The van der Waals surface area contributed by atoms with Crippen LogP contribution in [0.3, 0.4) is 0 Å². The largest absolute Gasteiger partial charge is 0.389 e. The van der Waals surface area contributed by atoms with Gasteiger partial charge in [-0.15, -0.1) is 0 Å². The maximum Gasteiger partial charge on any atom is 0.135 e. The molecule has 1 heterocycles. The highest BCUT2D eigenvalue weighted by Crippen LogP contribution is 2.24. The number of anilines is 1. The van der Waals surface area contributed by atoms with Gasteiger partial charge in [-0.25, -0.2) is 4.39 Å². The summed E-state index contributed by atoms with van der Waals surface area (Å²) >= 11 is 4.83. The van der Waals surface area contributed by atoms with Crippen LogP contribution >= 0.6 is 12.2 Å². The van der Waals surface area contributed by atoms with Gasteiger partial charge in [-0.3, -0.25) is 0 Å². The van der Waals surface area contributed by atoms with Gasteiger partial charge in [0.2, 0.25) is 0 Å². The fraction of sp³-hybridized carbons (Fsp3) is 0.533. The molecule has 1 aliphatic rings. The Kier molecular flexibility index (Phi) is 4.94. The lowest BCUT2D eigenvalue weighted by Crippen LogP contribution is -2.43. The van der Waals surface area contributed by atoms with Crippen molar-refractivity contribution >= 4 is 22.9 Å². The van der Waals surface area contributed by atoms with Gasteiger partial charge in [0.1, 0.15) is 10.8 Å². The fourth-order valence-corrected chi connectivity index (χ4v) is 2.92. The molecule has 2 rings (SSSR count). The molecule has 0 aromatic heterocycles. The van der Waals surface area contributed by atoms with Crippen molar-refractivity contribution in [1.82, 2.24) is 4.90 Å². The number of thiocarbonyl (C=S) groups is 1. The highest BCUT2D eigenvalue weighted by molar-refractivity contribution is 7.80. The summed E-state index contributed by atoms with van der Waals surface area (Å²) in [5.74, 6) is -0.340. The fourth-order valence-electron chi connectivity index (χ4n) is 2.76. The van der Waals surface area contributed by atoms with Gasteiger partial charge in [0.15, 0.2) is 0 Å². The molecule has 110 valence electrons. The van der Waals surface area contributed by atoms with Gasteiger partial charge in [0.25, 0.3) is 0 Å². The Hall–Kier alpha value is -1.20. The first-order valence-corrected chi connectivity index (χ1v) is 7.48. The van der Waals surface area contributed by atoms with Crippen LogP contribution in [0.2, 0.25) is 0 Å². The zero-order valence-electron chi connectivity index (χ0n) is 12.1. The number of hydrogen-bond acceptors (Lipinski definition) is 3. The topological polar surface area (TPSA) is 32.5 Å². The Labute approximate surface area is 125 Å². The van der Waals surface area contributed by atoms with Gasteiger partial charge in [-0.1, -0.05) is 19.1 Å². The molecule has 5 heteroatoms. The number of likely N-dealkylation sites (tertiary alicyclic amines) is 1. The quantitative estimate of drug-likeness (QED) is 0.865. The van der Waals surface area contributed by atoms with Gasteiger partial charge in [0, 0.05) is 37.4 Å². The lowest BCUT2D eigenvalue weighted by molar-refractivity contribution is 0.221. The molecule has 1 aliphatic heterocycles. The summed E-state index contributed by atoms with van der Waals surface area (Å²) < 4.78 is 13.9. The zero-order valence-corrected chi connectivity index (χ0v) is 12.9. The molecule has 3 nitrogen and oxygen atoms in total. The van der Waals surface area contributed by atoms with Crippen LogP contribution in [0.1, 0.15) is 25.3 Å². The second kappa shape index (κ2) is 6.50. The molecule has 1 aromatic carbocycles. The van der Waals surface area contributed by atoms with Crippen LogP contribution in [-0.4, -0.2) is 42.6 Å². The molecule has 0 amide bonds. The number of rotatable bonds is 4. The zero-order chi connectivity index (χ0) is 14.7. The van der Waals surface area contributed by atoms with Gasteiger partial charge in [-0.05, 0) is 37.6 Å². The van der Waals surface area contributed by atoms with Crippen molar-refractivity contribution in [1.29, 1.82) is 0 Å². The molecule has 0 radical (unpaired) electrons. The van der Waals surface area contributed by atoms with Gasteiger partial charge >= 0.3 is 0 Å². The minimum atomic E-state index is -0.340. The molecule has 1 fully saturated rings. The van der Waals surface area contributed by atoms with Crippen molar-refractivity contribution in [3.63, 3.8) is 0 Å². The van der Waals surface area contributed by atoms with Crippen molar-refractivity contribution < 1.29 is 4.39 Å². The Morgan fingerprint density at radius 2 is 2.10 bits per heavy atom. The summed E-state index contributed by atoms with van der Waals surface area (Å²) in [5, 5.41) is 0. The molecule has 2 N–H and O–H groups in total. The lowest BCUT2D eigenvalue weighted by atomic mass is 10.0. The molecule has 1 aromatic rings. The molecule has 1 saturated heterocycles. The Morgan fingerprint density at radius 1 is 1.45 bits per heavy atom. The van der Waals surface area contributed by atoms with Crippen molar-refractivity contribution in [2.45, 2.75) is 25.8 Å². The molecule has 20 heavy (non-hydrogen) atoms. The number of benzene rings is 1. The highest BCUT2D eigenvalue weighted by atomic mass is 32.1. The number of hydrogen-bond donors (Lipinski definition) is 1. The van der Waals surface area contributed by atoms with E-state index in [9.17, 15) is 4.39 Å². The molecule has 0 unspecified atom stereocenters. The number of nitrogens with two attached hydrogens (primary N) is 1. The van der Waals surface area contributed by atoms with Crippen molar-refractivity contribution in [3.05, 3.63) is 29.6 Å². The van der Waals surface area contributed by atoms with Crippen LogP contribution in [0.15, 0.2) is 18.2 Å². The smallest absolute Gasteiger partial charge is 0.135 e. The minimum absolute atomic E-state index is 0.105. The second-order valence-electron chi connectivity index (χ2n) is 5.30. The molecule has 0 spiro atoms. The predicted molar refractivity (Wildman–Crippen MR) is 85.8 cm³/mol. The van der Waals surface area contributed by atoms with Crippen molar-refractivity contribution in [2.24, 2.45) is 5.73 Å². The average Bonchev–Trinajstić information content (AvgIpc) is 2.46. The number of nitrogens with zero attached hydrogens (tertiary/aromatic N) is 2. The maximum absolute atomic E-state index is 13.9. The van der Waals surface area contributed by atoms with Crippen LogP contribution in [0.4, 0.5) is 10.1 Å². The van der Waals surface area contributed by atoms with E-state index in [2.05, 4.69) is 16.7 Å². The van der Waals surface area contributed by atoms with E-state index in [4.69, 9.17) is 18.0 Å². The average molecular weight is 295 g/mol. The summed E-state index contributed by atoms with van der Waals surface area (Å²) in [6.45, 7) is 5.51. The normalized spacial score (nSPS) is 17.1. The third kappa shape index (κ3) is 3.27. The maximum atomic E-state index is 13.9. The number of halogens is 1. The van der Waals surface area contributed by atoms with Crippen molar-refractivity contribution in [2.75, 3.05) is 31.6 Å². The lowest BCUT2D eigenvalue weighted by Gasteiger charge is -2.37. The summed E-state index contributed by atoms with van der Waals surface area (Å²) in [7, 11) is 2.03. The van der Waals surface area contributed by atoms with E-state index in [1.807, 2.05) is 13.1 Å². The third-order valence-corrected chi connectivity index (χ3v) is 4.40. The van der Waals surface area contributed by atoms with Crippen LogP contribution < -0.4 is 10.6 Å². The van der Waals surface area contributed by atoms with E-state index >= 15 is 0 Å². The Morgan fingerprint density at radius 3 is 2.60 bits per heavy atom. The van der Waals surface area contributed by atoms with E-state index < -0.39 is 0 Å². The first-order valence-electron chi connectivity index (χ1n) is 7.07. The molecule has 0 atom stereocenters. The molecule has 0 aliphatic carbocycles. The monoisotopic (exact) mass is 295 g/mol.